The van der Waals surface area contributed by atoms with E-state index in [2.05, 4.69) is 20.8 Å². The second kappa shape index (κ2) is 5.34. The van der Waals surface area contributed by atoms with E-state index in [-0.39, 0.29) is 11.8 Å². The number of hydrogen-bond donors (Lipinski definition) is 3. The fourth-order valence-corrected chi connectivity index (χ4v) is 1.61. The second-order valence-corrected chi connectivity index (χ2v) is 4.15. The van der Waals surface area contributed by atoms with Gasteiger partial charge in [0.1, 0.15) is 0 Å². The minimum Gasteiger partial charge on any atom is -0.326 e. The Kier molecular flexibility index (Phi) is 3.61. The second-order valence-electron chi connectivity index (χ2n) is 4.15. The Bertz CT molecular complexity index is 619. The predicted molar refractivity (Wildman–Crippen MR) is 72.0 cm³/mol. The highest BCUT2D eigenvalue weighted by Crippen LogP contribution is 2.12. The quantitative estimate of drug-likeness (QED) is 0.786. The first-order chi connectivity index (χ1) is 9.04. The van der Waals surface area contributed by atoms with Crippen molar-refractivity contribution < 1.29 is 9.59 Å². The summed E-state index contributed by atoms with van der Waals surface area (Å²) in [4.78, 5) is 22.9. The van der Waals surface area contributed by atoms with E-state index >= 15 is 0 Å². The number of anilines is 2. The zero-order valence-corrected chi connectivity index (χ0v) is 10.7. The molecule has 1 aromatic carbocycles. The summed E-state index contributed by atoms with van der Waals surface area (Å²) in [6.45, 7) is 3.26. The van der Waals surface area contributed by atoms with Crippen LogP contribution in [-0.2, 0) is 4.79 Å². The fourth-order valence-electron chi connectivity index (χ4n) is 1.61. The molecule has 1 heterocycles. The molecule has 19 heavy (non-hydrogen) atoms. The molecule has 0 unspecified atom stereocenters. The van der Waals surface area contributed by atoms with Crippen molar-refractivity contribution in [2.45, 2.75) is 13.8 Å². The van der Waals surface area contributed by atoms with E-state index in [0.717, 1.165) is 5.69 Å². The summed E-state index contributed by atoms with van der Waals surface area (Å²) in [6.07, 6.45) is 0. The number of amides is 2. The lowest BCUT2D eigenvalue weighted by Crippen LogP contribution is -2.13. The highest BCUT2D eigenvalue weighted by molar-refractivity contribution is 6.04. The number of hydrogen-bond acceptors (Lipinski definition) is 3. The number of aromatic amines is 1. The fraction of sp³-hybridized carbons (Fsp3) is 0.154. The Morgan fingerprint density at radius 3 is 2.63 bits per heavy atom. The smallest absolute Gasteiger partial charge is 0.256 e. The van der Waals surface area contributed by atoms with Gasteiger partial charge in [-0.15, -0.1) is 0 Å². The van der Waals surface area contributed by atoms with Gasteiger partial charge in [0.15, 0.2) is 5.82 Å². The van der Waals surface area contributed by atoms with Gasteiger partial charge in [-0.05, 0) is 25.1 Å². The largest absolute Gasteiger partial charge is 0.326 e. The molecule has 0 bridgehead atoms. The molecule has 0 aliphatic carbocycles. The third-order valence-corrected chi connectivity index (χ3v) is 2.39. The van der Waals surface area contributed by atoms with Crippen LogP contribution in [0.15, 0.2) is 30.3 Å². The van der Waals surface area contributed by atoms with Crippen molar-refractivity contribution in [2.75, 3.05) is 10.6 Å². The van der Waals surface area contributed by atoms with Crippen molar-refractivity contribution in [1.82, 2.24) is 10.2 Å². The molecule has 0 fully saturated rings. The van der Waals surface area contributed by atoms with E-state index in [0.29, 0.717) is 17.1 Å². The Balaban J connectivity index is 2.12. The van der Waals surface area contributed by atoms with Crippen LogP contribution in [0.25, 0.3) is 0 Å². The molecule has 6 heteroatoms. The summed E-state index contributed by atoms with van der Waals surface area (Å²) in [5.74, 6) is 0.00613. The molecule has 0 aliphatic rings. The van der Waals surface area contributed by atoms with Crippen LogP contribution in [0.1, 0.15) is 23.0 Å². The van der Waals surface area contributed by atoms with Crippen LogP contribution < -0.4 is 10.6 Å². The van der Waals surface area contributed by atoms with Gasteiger partial charge in [-0.2, -0.15) is 5.10 Å². The molecule has 98 valence electrons. The molecule has 0 saturated heterocycles. The SMILES string of the molecule is CC(=O)Nc1cccc(C(=O)Nc2cc(C)[nH]n2)c1. The standard InChI is InChI=1S/C13H14N4O2/c1-8-6-12(17-16-8)15-13(19)10-4-3-5-11(7-10)14-9(2)18/h3-7H,1-2H3,(H,14,18)(H2,15,16,17,19). The first kappa shape index (κ1) is 12.8. The van der Waals surface area contributed by atoms with E-state index in [1.807, 2.05) is 6.92 Å². The Labute approximate surface area is 110 Å². The van der Waals surface area contributed by atoms with Gasteiger partial charge in [-0.1, -0.05) is 6.07 Å². The lowest BCUT2D eigenvalue weighted by molar-refractivity contribution is -0.114. The summed E-state index contributed by atoms with van der Waals surface area (Å²) in [5.41, 5.74) is 1.90. The molecule has 2 aromatic rings. The maximum atomic E-state index is 12.0. The molecular weight excluding hydrogens is 244 g/mol. The van der Waals surface area contributed by atoms with Crippen LogP contribution >= 0.6 is 0 Å². The minimum absolute atomic E-state index is 0.180. The highest BCUT2D eigenvalue weighted by Gasteiger charge is 2.08. The maximum Gasteiger partial charge on any atom is 0.256 e. The number of nitrogens with one attached hydrogen (secondary N) is 3. The number of rotatable bonds is 3. The van der Waals surface area contributed by atoms with E-state index in [1.165, 1.54) is 6.92 Å². The van der Waals surface area contributed by atoms with Crippen molar-refractivity contribution in [3.05, 3.63) is 41.6 Å². The topological polar surface area (TPSA) is 86.9 Å². The van der Waals surface area contributed by atoms with Gasteiger partial charge in [0.25, 0.3) is 5.91 Å². The molecule has 3 N–H and O–H groups in total. The molecular formula is C13H14N4O2. The van der Waals surface area contributed by atoms with E-state index < -0.39 is 0 Å². The average molecular weight is 258 g/mol. The van der Waals surface area contributed by atoms with Gasteiger partial charge >= 0.3 is 0 Å². The zero-order chi connectivity index (χ0) is 13.8. The van der Waals surface area contributed by atoms with Crippen LogP contribution in [-0.4, -0.2) is 22.0 Å². The van der Waals surface area contributed by atoms with Gasteiger partial charge < -0.3 is 10.6 Å². The first-order valence-electron chi connectivity index (χ1n) is 5.75. The molecule has 0 atom stereocenters. The minimum atomic E-state index is -0.279. The van der Waals surface area contributed by atoms with Crippen LogP contribution in [0.2, 0.25) is 0 Å². The van der Waals surface area contributed by atoms with E-state index in [9.17, 15) is 9.59 Å². The number of benzene rings is 1. The maximum absolute atomic E-state index is 12.0. The Morgan fingerprint density at radius 1 is 1.21 bits per heavy atom. The van der Waals surface area contributed by atoms with Crippen LogP contribution in [0.5, 0.6) is 0 Å². The van der Waals surface area contributed by atoms with Crippen molar-refractivity contribution in [2.24, 2.45) is 0 Å². The molecule has 0 spiro atoms. The van der Waals surface area contributed by atoms with Crippen molar-refractivity contribution in [1.29, 1.82) is 0 Å². The van der Waals surface area contributed by atoms with Gasteiger partial charge in [-0.3, -0.25) is 14.7 Å². The van der Waals surface area contributed by atoms with Crippen molar-refractivity contribution in [3.63, 3.8) is 0 Å². The van der Waals surface area contributed by atoms with Crippen molar-refractivity contribution >= 4 is 23.3 Å². The summed E-state index contributed by atoms with van der Waals surface area (Å²) < 4.78 is 0. The number of carbonyl (C=O) groups is 2. The first-order valence-corrected chi connectivity index (χ1v) is 5.75. The average Bonchev–Trinajstić information content (AvgIpc) is 2.74. The van der Waals surface area contributed by atoms with E-state index in [1.54, 1.807) is 30.3 Å². The monoisotopic (exact) mass is 258 g/mol. The predicted octanol–water partition coefficient (Wildman–Crippen LogP) is 1.93. The van der Waals surface area contributed by atoms with Crippen LogP contribution in [0, 0.1) is 6.92 Å². The number of nitrogens with zero attached hydrogens (tertiary/aromatic N) is 1. The summed E-state index contributed by atoms with van der Waals surface area (Å²) in [7, 11) is 0. The van der Waals surface area contributed by atoms with Crippen LogP contribution in [0.3, 0.4) is 0 Å². The molecule has 2 amide bonds. The molecule has 0 saturated carbocycles. The van der Waals surface area contributed by atoms with E-state index in [4.69, 9.17) is 0 Å². The lowest BCUT2D eigenvalue weighted by atomic mass is 10.2. The number of H-pyrrole nitrogens is 1. The molecule has 1 aromatic heterocycles. The summed E-state index contributed by atoms with van der Waals surface area (Å²) in [5, 5.41) is 12.0. The number of carbonyl (C=O) groups excluding carboxylic acids is 2. The third kappa shape index (κ3) is 3.41. The number of aromatic nitrogens is 2. The van der Waals surface area contributed by atoms with Gasteiger partial charge in [0.05, 0.1) is 0 Å². The molecule has 6 nitrogen and oxygen atoms in total. The highest BCUT2D eigenvalue weighted by atomic mass is 16.2. The normalized spacial score (nSPS) is 10.0. The van der Waals surface area contributed by atoms with Crippen molar-refractivity contribution in [3.8, 4) is 0 Å². The van der Waals surface area contributed by atoms with Crippen LogP contribution in [0.4, 0.5) is 11.5 Å². The zero-order valence-electron chi connectivity index (χ0n) is 10.7. The van der Waals surface area contributed by atoms with Gasteiger partial charge in [0.2, 0.25) is 5.91 Å². The molecule has 0 radical (unpaired) electrons. The van der Waals surface area contributed by atoms with Gasteiger partial charge in [-0.25, -0.2) is 0 Å². The summed E-state index contributed by atoms with van der Waals surface area (Å²) in [6, 6.07) is 8.43. The lowest BCUT2D eigenvalue weighted by Gasteiger charge is -2.05. The Hall–Kier alpha value is -2.63. The molecule has 2 rings (SSSR count). The Morgan fingerprint density at radius 2 is 2.00 bits per heavy atom. The van der Waals surface area contributed by atoms with Gasteiger partial charge in [0, 0.05) is 29.9 Å². The summed E-state index contributed by atoms with van der Waals surface area (Å²) >= 11 is 0. The third-order valence-electron chi connectivity index (χ3n) is 2.39. The number of aryl methyl sites for hydroxylation is 1. The molecule has 0 aliphatic heterocycles.